The van der Waals surface area contributed by atoms with Gasteiger partial charge in [0.25, 0.3) is 0 Å². The van der Waals surface area contributed by atoms with Crippen molar-refractivity contribution in [1.29, 1.82) is 0 Å². The number of benzene rings is 1. The molecule has 1 saturated heterocycles. The summed E-state index contributed by atoms with van der Waals surface area (Å²) in [6.07, 6.45) is 3.55. The van der Waals surface area contributed by atoms with E-state index >= 15 is 0 Å². The summed E-state index contributed by atoms with van der Waals surface area (Å²) in [5, 5.41) is 11.9. The molecule has 0 aliphatic carbocycles. The van der Waals surface area contributed by atoms with Crippen molar-refractivity contribution < 1.29 is 9.18 Å². The van der Waals surface area contributed by atoms with Crippen LogP contribution >= 0.6 is 11.3 Å². The molecule has 36 heavy (non-hydrogen) atoms. The summed E-state index contributed by atoms with van der Waals surface area (Å²) in [6.45, 7) is 12.7. The van der Waals surface area contributed by atoms with Crippen LogP contribution in [0.3, 0.4) is 0 Å². The standard InChI is InChI=1S/C26H38FN7OS/c1-18-9-7-13-33(16-18)14-8-12-28-21(35)17-32(5)25-31-34-23(30-26(2,3)4)22(29-24(34)36-25)19-10-6-11-20(27)15-19/h6,10-11,15,18,30H,7-9,12-14,16-17H2,1-5H3,(H,28,35)/t18-/m0/s1. The second-order valence-corrected chi connectivity index (χ2v) is 11.8. The molecule has 1 aliphatic rings. The molecule has 1 atom stereocenters. The van der Waals surface area contributed by atoms with Gasteiger partial charge < -0.3 is 20.4 Å². The highest BCUT2D eigenvalue weighted by Gasteiger charge is 2.23. The van der Waals surface area contributed by atoms with Crippen molar-refractivity contribution in [2.75, 3.05) is 50.0 Å². The number of halogens is 1. The van der Waals surface area contributed by atoms with Gasteiger partial charge in [-0.3, -0.25) is 4.79 Å². The van der Waals surface area contributed by atoms with Gasteiger partial charge in [0.05, 0.1) is 6.54 Å². The molecule has 196 valence electrons. The van der Waals surface area contributed by atoms with E-state index in [9.17, 15) is 9.18 Å². The molecule has 4 rings (SSSR count). The van der Waals surface area contributed by atoms with Crippen molar-refractivity contribution in [3.63, 3.8) is 0 Å². The first-order chi connectivity index (χ1) is 17.1. The van der Waals surface area contributed by atoms with Crippen molar-refractivity contribution in [2.45, 2.75) is 52.5 Å². The Morgan fingerprint density at radius 3 is 2.86 bits per heavy atom. The SMILES string of the molecule is C[C@H]1CCCN(CCCNC(=O)CN(C)c2nn3c(NC(C)(C)C)c(-c4cccc(F)c4)nc3s2)C1. The van der Waals surface area contributed by atoms with Crippen LogP contribution in [0.1, 0.15) is 47.0 Å². The summed E-state index contributed by atoms with van der Waals surface area (Å²) in [7, 11) is 1.86. The van der Waals surface area contributed by atoms with Gasteiger partial charge in [-0.25, -0.2) is 9.37 Å². The summed E-state index contributed by atoms with van der Waals surface area (Å²) in [5.41, 5.74) is 1.09. The van der Waals surface area contributed by atoms with Gasteiger partial charge in [-0.1, -0.05) is 30.4 Å². The normalized spacial score (nSPS) is 16.9. The van der Waals surface area contributed by atoms with Crippen molar-refractivity contribution in [3.8, 4) is 11.3 Å². The molecular formula is C26H38FN7OS. The van der Waals surface area contributed by atoms with Gasteiger partial charge >= 0.3 is 0 Å². The van der Waals surface area contributed by atoms with Crippen LogP contribution in [0.25, 0.3) is 16.2 Å². The average molecular weight is 516 g/mol. The van der Waals surface area contributed by atoms with E-state index in [1.165, 1.54) is 42.9 Å². The predicted molar refractivity (Wildman–Crippen MR) is 145 cm³/mol. The van der Waals surface area contributed by atoms with E-state index in [0.29, 0.717) is 33.7 Å². The minimum Gasteiger partial charge on any atom is -0.364 e. The van der Waals surface area contributed by atoms with Crippen molar-refractivity contribution in [2.24, 2.45) is 5.92 Å². The fraction of sp³-hybridized carbons (Fsp3) is 0.577. The second kappa shape index (κ2) is 11.1. The van der Waals surface area contributed by atoms with Gasteiger partial charge in [0.1, 0.15) is 11.5 Å². The smallest absolute Gasteiger partial charge is 0.239 e. The third-order valence-electron chi connectivity index (χ3n) is 6.21. The Morgan fingerprint density at radius 1 is 1.33 bits per heavy atom. The van der Waals surface area contributed by atoms with E-state index in [4.69, 9.17) is 10.1 Å². The van der Waals surface area contributed by atoms with Gasteiger partial charge in [-0.05, 0) is 71.2 Å². The molecule has 1 aromatic carbocycles. The Bertz CT molecular complexity index is 1180. The summed E-state index contributed by atoms with van der Waals surface area (Å²) in [5.74, 6) is 1.14. The van der Waals surface area contributed by atoms with Gasteiger partial charge in [0, 0.05) is 31.2 Å². The first-order valence-corrected chi connectivity index (χ1v) is 13.5. The number of carbonyl (C=O) groups excluding carboxylic acids is 1. The summed E-state index contributed by atoms with van der Waals surface area (Å²) < 4.78 is 15.7. The number of likely N-dealkylation sites (N-methyl/N-ethyl adjacent to an activating group) is 1. The molecule has 0 radical (unpaired) electrons. The van der Waals surface area contributed by atoms with Crippen LogP contribution in [-0.2, 0) is 4.79 Å². The molecular weight excluding hydrogens is 477 g/mol. The second-order valence-electron chi connectivity index (χ2n) is 10.9. The topological polar surface area (TPSA) is 77.8 Å². The highest BCUT2D eigenvalue weighted by molar-refractivity contribution is 7.20. The Balaban J connectivity index is 1.40. The molecule has 1 amide bonds. The van der Waals surface area contributed by atoms with Gasteiger partial charge in [-0.15, -0.1) is 5.10 Å². The lowest BCUT2D eigenvalue weighted by Crippen LogP contribution is -2.38. The van der Waals surface area contributed by atoms with Crippen LogP contribution in [0.5, 0.6) is 0 Å². The molecule has 10 heteroatoms. The number of fused-ring (bicyclic) bond motifs is 1. The van der Waals surface area contributed by atoms with E-state index in [1.807, 2.05) is 18.0 Å². The van der Waals surface area contributed by atoms with E-state index in [0.717, 1.165) is 25.4 Å². The lowest BCUT2D eigenvalue weighted by molar-refractivity contribution is -0.119. The minimum absolute atomic E-state index is 0.0224. The van der Waals surface area contributed by atoms with Crippen LogP contribution in [-0.4, -0.2) is 70.7 Å². The van der Waals surface area contributed by atoms with E-state index in [-0.39, 0.29) is 23.8 Å². The maximum Gasteiger partial charge on any atom is 0.239 e. The maximum absolute atomic E-state index is 13.9. The minimum atomic E-state index is -0.310. The highest BCUT2D eigenvalue weighted by atomic mass is 32.1. The molecule has 3 heterocycles. The number of nitrogens with one attached hydrogen (secondary N) is 2. The molecule has 0 bridgehead atoms. The van der Waals surface area contributed by atoms with Crippen molar-refractivity contribution >= 4 is 33.2 Å². The largest absolute Gasteiger partial charge is 0.364 e. The monoisotopic (exact) mass is 515 g/mol. The number of amides is 1. The van der Waals surface area contributed by atoms with Crippen LogP contribution in [0.15, 0.2) is 24.3 Å². The first-order valence-electron chi connectivity index (χ1n) is 12.7. The van der Waals surface area contributed by atoms with E-state index in [2.05, 4.69) is 43.2 Å². The number of piperidine rings is 1. The molecule has 0 saturated carbocycles. The third kappa shape index (κ3) is 6.73. The first kappa shape index (κ1) is 26.3. The van der Waals surface area contributed by atoms with Crippen LogP contribution in [0.2, 0.25) is 0 Å². The zero-order valence-electron chi connectivity index (χ0n) is 22.0. The molecule has 1 fully saturated rings. The lowest BCUT2D eigenvalue weighted by Gasteiger charge is -2.30. The number of aromatic nitrogens is 3. The number of nitrogens with zero attached hydrogens (tertiary/aromatic N) is 5. The van der Waals surface area contributed by atoms with E-state index < -0.39 is 0 Å². The number of rotatable bonds is 9. The number of imidazole rings is 1. The average Bonchev–Trinajstić information content (AvgIpc) is 3.35. The zero-order chi connectivity index (χ0) is 25.9. The quantitative estimate of drug-likeness (QED) is 0.409. The highest BCUT2D eigenvalue weighted by Crippen LogP contribution is 2.34. The van der Waals surface area contributed by atoms with Gasteiger partial charge in [0.15, 0.2) is 5.82 Å². The Labute approximate surface area is 216 Å². The fourth-order valence-corrected chi connectivity index (χ4v) is 5.42. The summed E-state index contributed by atoms with van der Waals surface area (Å²) in [6, 6.07) is 6.41. The number of hydrogen-bond donors (Lipinski definition) is 2. The number of carbonyl (C=O) groups is 1. The number of hydrogen-bond acceptors (Lipinski definition) is 7. The molecule has 8 nitrogen and oxygen atoms in total. The molecule has 3 aromatic rings. The van der Waals surface area contributed by atoms with Crippen molar-refractivity contribution in [3.05, 3.63) is 30.1 Å². The Morgan fingerprint density at radius 2 is 2.14 bits per heavy atom. The Kier molecular flexibility index (Phi) is 8.14. The Hall–Kier alpha value is -2.72. The molecule has 0 spiro atoms. The number of anilines is 2. The molecule has 2 N–H and O–H groups in total. The van der Waals surface area contributed by atoms with E-state index in [1.54, 1.807) is 10.6 Å². The summed E-state index contributed by atoms with van der Waals surface area (Å²) in [4.78, 5) is 22.3. The van der Waals surface area contributed by atoms with Crippen LogP contribution in [0, 0.1) is 11.7 Å². The van der Waals surface area contributed by atoms with Gasteiger partial charge in [0.2, 0.25) is 16.0 Å². The number of likely N-dealkylation sites (tertiary alicyclic amines) is 1. The van der Waals surface area contributed by atoms with Crippen LogP contribution < -0.4 is 15.5 Å². The van der Waals surface area contributed by atoms with Crippen LogP contribution in [0.4, 0.5) is 15.3 Å². The zero-order valence-corrected chi connectivity index (χ0v) is 22.8. The predicted octanol–water partition coefficient (Wildman–Crippen LogP) is 4.48. The van der Waals surface area contributed by atoms with Gasteiger partial charge in [-0.2, -0.15) is 4.52 Å². The molecule has 2 aromatic heterocycles. The molecule has 1 aliphatic heterocycles. The van der Waals surface area contributed by atoms with Crippen molar-refractivity contribution in [1.82, 2.24) is 24.8 Å². The lowest BCUT2D eigenvalue weighted by atomic mass is 10.0. The molecule has 0 unspecified atom stereocenters. The fourth-order valence-electron chi connectivity index (χ4n) is 4.56. The maximum atomic E-state index is 13.9. The summed E-state index contributed by atoms with van der Waals surface area (Å²) >= 11 is 1.40. The third-order valence-corrected chi connectivity index (χ3v) is 7.23.